The number of para-hydroxylation sites is 1. The first-order valence-electron chi connectivity index (χ1n) is 13.8. The van der Waals surface area contributed by atoms with Gasteiger partial charge in [0.2, 0.25) is 5.60 Å². The highest BCUT2D eigenvalue weighted by molar-refractivity contribution is 7.52. The van der Waals surface area contributed by atoms with Crippen molar-refractivity contribution < 1.29 is 38.1 Å². The highest BCUT2D eigenvalue weighted by atomic mass is 31.2. The van der Waals surface area contributed by atoms with Gasteiger partial charge in [-0.25, -0.2) is 14.1 Å². The third-order valence-corrected chi connectivity index (χ3v) is 9.19. The fourth-order valence-electron chi connectivity index (χ4n) is 5.13. The molecular weight excluding hydrogens is 581 g/mol. The van der Waals surface area contributed by atoms with E-state index in [1.165, 1.54) is 29.9 Å². The number of carbonyl (C=O) groups excluding carboxylic acids is 1. The molecule has 1 aromatic carbocycles. The Bertz CT molecular complexity index is 1530. The average Bonchev–Trinajstić information content (AvgIpc) is 3.53. The molecular formula is C27H34N7O8P. The van der Waals surface area contributed by atoms with Crippen molar-refractivity contribution in [2.45, 2.75) is 74.7 Å². The molecule has 3 heterocycles. The summed E-state index contributed by atoms with van der Waals surface area (Å²) in [5, 5.41) is 38.7. The van der Waals surface area contributed by atoms with Crippen LogP contribution >= 0.6 is 7.75 Å². The number of nitrogens with two attached hydrogens (primary N) is 2. The number of ether oxygens (including phenoxy) is 2. The van der Waals surface area contributed by atoms with Crippen LogP contribution in [0.1, 0.15) is 44.4 Å². The number of rotatable bonds is 10. The number of aliphatic hydroxyl groups is 2. The first kappa shape index (κ1) is 30.8. The minimum atomic E-state index is -4.43. The van der Waals surface area contributed by atoms with Gasteiger partial charge in [0.05, 0.1) is 5.69 Å². The number of nitrogens with zero attached hydrogens (tertiary/aromatic N) is 4. The van der Waals surface area contributed by atoms with Crippen molar-refractivity contribution in [2.24, 2.45) is 5.73 Å². The standard InChI is InChI=1S/C27H34N7O8P/c1-16(26(37)40-18-9-7-17(29)8-10-18)33-43(38,42-19-5-3-2-4-6-19)39-14-27(13-28)24(36)22(35)23(41-27)20-11-12-21-25(30)31-15-32-34(20)21/h2-6,11-12,15-18,22-24,35-36H,7-10,14,29H2,1H3,(H,33,38)(H2,30,31,32)/t16-,17?,18?,22-,23-,24-,27+,43?/m0/s1. The van der Waals surface area contributed by atoms with Crippen LogP contribution in [-0.4, -0.2) is 73.4 Å². The second kappa shape index (κ2) is 12.6. The van der Waals surface area contributed by atoms with Crippen molar-refractivity contribution >= 4 is 25.1 Å². The van der Waals surface area contributed by atoms with Crippen molar-refractivity contribution in [1.82, 2.24) is 19.7 Å². The molecule has 6 atom stereocenters. The minimum Gasteiger partial charge on any atom is -0.461 e. The fourth-order valence-corrected chi connectivity index (χ4v) is 6.65. The number of esters is 1. The summed E-state index contributed by atoms with van der Waals surface area (Å²) >= 11 is 0. The molecule has 0 radical (unpaired) electrons. The van der Waals surface area contributed by atoms with Gasteiger partial charge in [-0.3, -0.25) is 9.32 Å². The molecule has 1 saturated heterocycles. The van der Waals surface area contributed by atoms with Crippen LogP contribution < -0.4 is 21.1 Å². The van der Waals surface area contributed by atoms with Crippen molar-refractivity contribution in [1.29, 1.82) is 5.26 Å². The summed E-state index contributed by atoms with van der Waals surface area (Å²) in [4.78, 5) is 16.8. The highest BCUT2D eigenvalue weighted by Crippen LogP contribution is 2.48. The van der Waals surface area contributed by atoms with E-state index in [-0.39, 0.29) is 29.4 Å². The van der Waals surface area contributed by atoms with E-state index in [2.05, 4.69) is 15.2 Å². The lowest BCUT2D eigenvalue weighted by atomic mass is 9.94. The lowest BCUT2D eigenvalue weighted by molar-refractivity contribution is -0.152. The first-order valence-corrected chi connectivity index (χ1v) is 15.3. The third-order valence-electron chi connectivity index (χ3n) is 7.57. The second-order valence-electron chi connectivity index (χ2n) is 10.7. The number of anilines is 1. The average molecular weight is 616 g/mol. The smallest absolute Gasteiger partial charge is 0.459 e. The fraction of sp³-hybridized carbons (Fsp3) is 0.481. The summed E-state index contributed by atoms with van der Waals surface area (Å²) in [6.45, 7) is 0.630. The molecule has 0 bridgehead atoms. The number of benzene rings is 1. The Kier molecular flexibility index (Phi) is 9.00. The molecule has 2 fully saturated rings. The highest BCUT2D eigenvalue weighted by Gasteiger charge is 2.57. The molecule has 15 nitrogen and oxygen atoms in total. The number of hydrogen-bond acceptors (Lipinski definition) is 13. The molecule has 2 aromatic heterocycles. The maximum absolute atomic E-state index is 14.0. The molecule has 0 spiro atoms. The predicted octanol–water partition coefficient (Wildman–Crippen LogP) is 1.36. The van der Waals surface area contributed by atoms with Crippen LogP contribution in [0.3, 0.4) is 0 Å². The van der Waals surface area contributed by atoms with Gasteiger partial charge in [0, 0.05) is 6.04 Å². The van der Waals surface area contributed by atoms with Gasteiger partial charge < -0.3 is 35.7 Å². The normalized spacial score (nSPS) is 29.4. The van der Waals surface area contributed by atoms with Crippen molar-refractivity contribution in [3.05, 3.63) is 54.5 Å². The zero-order chi connectivity index (χ0) is 30.8. The molecule has 230 valence electrons. The number of nitrogens with one attached hydrogen (secondary N) is 1. The Hall–Kier alpha value is -3.61. The van der Waals surface area contributed by atoms with Gasteiger partial charge in [-0.1, -0.05) is 18.2 Å². The van der Waals surface area contributed by atoms with Crippen LogP contribution in [-0.2, 0) is 23.4 Å². The van der Waals surface area contributed by atoms with E-state index in [4.69, 9.17) is 30.0 Å². The number of carbonyl (C=O) groups is 1. The second-order valence-corrected chi connectivity index (χ2v) is 12.4. The molecule has 3 aromatic rings. The maximum Gasteiger partial charge on any atom is 0.459 e. The van der Waals surface area contributed by atoms with Crippen LogP contribution in [0, 0.1) is 11.3 Å². The summed E-state index contributed by atoms with van der Waals surface area (Å²) in [5.41, 5.74) is 10.4. The SMILES string of the molecule is C[C@H](NP(=O)(OC[C@@]1(C#N)O[C@@H](c2ccc3c(N)ncnn23)[C@H](O)[C@@H]1O)Oc1ccccc1)C(=O)OC1CCC(N)CC1. The number of aliphatic hydroxyl groups excluding tert-OH is 2. The van der Waals surface area contributed by atoms with E-state index in [1.807, 2.05) is 6.07 Å². The lowest BCUT2D eigenvalue weighted by Gasteiger charge is -2.29. The van der Waals surface area contributed by atoms with E-state index in [9.17, 15) is 24.8 Å². The van der Waals surface area contributed by atoms with Crippen molar-refractivity contribution in [3.8, 4) is 11.8 Å². The predicted molar refractivity (Wildman–Crippen MR) is 151 cm³/mol. The van der Waals surface area contributed by atoms with Crippen LogP contribution in [0.15, 0.2) is 48.8 Å². The Labute approximate surface area is 247 Å². The number of nitrogen functional groups attached to an aromatic ring is 1. The van der Waals surface area contributed by atoms with Gasteiger partial charge in [0.1, 0.15) is 60.7 Å². The molecule has 0 amide bonds. The van der Waals surface area contributed by atoms with Crippen molar-refractivity contribution in [3.63, 3.8) is 0 Å². The molecule has 1 aliphatic carbocycles. The molecule has 43 heavy (non-hydrogen) atoms. The van der Waals surface area contributed by atoms with E-state index in [1.54, 1.807) is 30.3 Å². The van der Waals surface area contributed by atoms with E-state index in [0.29, 0.717) is 18.4 Å². The monoisotopic (exact) mass is 615 g/mol. The first-order chi connectivity index (χ1) is 20.5. The van der Waals surface area contributed by atoms with Crippen LogP contribution in [0.2, 0.25) is 0 Å². The lowest BCUT2D eigenvalue weighted by Crippen LogP contribution is -2.46. The van der Waals surface area contributed by atoms with Crippen molar-refractivity contribution in [2.75, 3.05) is 12.3 Å². The largest absolute Gasteiger partial charge is 0.461 e. The Morgan fingerprint density at radius 1 is 1.26 bits per heavy atom. The molecule has 1 aliphatic heterocycles. The van der Waals surface area contributed by atoms with Crippen LogP contribution in [0.4, 0.5) is 5.82 Å². The van der Waals surface area contributed by atoms with Gasteiger partial charge >= 0.3 is 13.7 Å². The molecule has 5 rings (SSSR count). The molecule has 2 aliphatic rings. The Balaban J connectivity index is 1.34. The van der Waals surface area contributed by atoms with E-state index >= 15 is 0 Å². The van der Waals surface area contributed by atoms with Crippen LogP contribution in [0.25, 0.3) is 5.52 Å². The Morgan fingerprint density at radius 3 is 2.67 bits per heavy atom. The molecule has 1 unspecified atom stereocenters. The molecule has 16 heteroatoms. The minimum absolute atomic E-state index is 0.0694. The van der Waals surface area contributed by atoms with Crippen LogP contribution in [0.5, 0.6) is 5.75 Å². The number of nitriles is 1. The van der Waals surface area contributed by atoms with Gasteiger partial charge in [-0.2, -0.15) is 15.4 Å². The quantitative estimate of drug-likeness (QED) is 0.160. The van der Waals surface area contributed by atoms with Gasteiger partial charge in [-0.05, 0) is 56.9 Å². The number of aromatic nitrogens is 3. The summed E-state index contributed by atoms with van der Waals surface area (Å²) in [6, 6.07) is 12.0. The van der Waals surface area contributed by atoms with E-state index in [0.717, 1.165) is 12.8 Å². The van der Waals surface area contributed by atoms with Gasteiger partial charge in [0.15, 0.2) is 5.82 Å². The molecule has 7 N–H and O–H groups in total. The van der Waals surface area contributed by atoms with Gasteiger partial charge in [0.25, 0.3) is 0 Å². The molecule has 1 saturated carbocycles. The number of hydrogen-bond donors (Lipinski definition) is 5. The summed E-state index contributed by atoms with van der Waals surface area (Å²) in [5.74, 6) is -0.354. The maximum atomic E-state index is 14.0. The number of fused-ring (bicyclic) bond motifs is 1. The summed E-state index contributed by atoms with van der Waals surface area (Å²) in [6.07, 6.45) is -1.06. The topological polar surface area (TPSA) is 230 Å². The summed E-state index contributed by atoms with van der Waals surface area (Å²) < 4.78 is 38.2. The third kappa shape index (κ3) is 6.51. The zero-order valence-corrected chi connectivity index (χ0v) is 24.2. The Morgan fingerprint density at radius 2 is 1.98 bits per heavy atom. The van der Waals surface area contributed by atoms with Gasteiger partial charge in [-0.15, -0.1) is 0 Å². The summed E-state index contributed by atoms with van der Waals surface area (Å²) in [7, 11) is -4.43. The zero-order valence-electron chi connectivity index (χ0n) is 23.4. The van der Waals surface area contributed by atoms with E-state index < -0.39 is 50.3 Å².